The molecular formula is C31H34Cl3N3O4S. The zero-order valence-corrected chi connectivity index (χ0v) is 26.4. The Morgan fingerprint density at radius 3 is 2.19 bits per heavy atom. The van der Waals surface area contributed by atoms with Crippen LogP contribution in [0.3, 0.4) is 0 Å². The van der Waals surface area contributed by atoms with Crippen molar-refractivity contribution < 1.29 is 18.0 Å². The number of rotatable bonds is 11. The first-order chi connectivity index (χ1) is 20.1. The molecular weight excluding hydrogens is 617 g/mol. The van der Waals surface area contributed by atoms with E-state index in [-0.39, 0.29) is 29.1 Å². The zero-order chi connectivity index (χ0) is 30.3. The molecule has 4 rings (SSSR count). The number of anilines is 1. The molecule has 1 N–H and O–H groups in total. The van der Waals surface area contributed by atoms with Gasteiger partial charge in [0.1, 0.15) is 12.6 Å². The molecule has 3 aromatic rings. The van der Waals surface area contributed by atoms with Gasteiger partial charge in [-0.05, 0) is 73.4 Å². The van der Waals surface area contributed by atoms with E-state index in [9.17, 15) is 18.0 Å². The van der Waals surface area contributed by atoms with Crippen molar-refractivity contribution in [2.45, 2.75) is 69.0 Å². The summed E-state index contributed by atoms with van der Waals surface area (Å²) in [6, 6.07) is 18.4. The quantitative estimate of drug-likeness (QED) is 0.240. The van der Waals surface area contributed by atoms with Crippen molar-refractivity contribution in [3.8, 4) is 0 Å². The Morgan fingerprint density at radius 2 is 1.57 bits per heavy atom. The minimum atomic E-state index is -4.15. The molecule has 0 saturated heterocycles. The van der Waals surface area contributed by atoms with Crippen LogP contribution in [0.25, 0.3) is 0 Å². The molecule has 1 aliphatic rings. The molecule has 0 unspecified atom stereocenters. The van der Waals surface area contributed by atoms with Crippen LogP contribution in [0.4, 0.5) is 5.69 Å². The number of halogens is 3. The fraction of sp³-hybridized carbons (Fsp3) is 0.355. The molecule has 42 heavy (non-hydrogen) atoms. The Balaban J connectivity index is 1.70. The Morgan fingerprint density at radius 1 is 0.905 bits per heavy atom. The van der Waals surface area contributed by atoms with E-state index < -0.39 is 28.5 Å². The lowest BCUT2D eigenvalue weighted by Gasteiger charge is -2.34. The van der Waals surface area contributed by atoms with Gasteiger partial charge in [-0.2, -0.15) is 0 Å². The van der Waals surface area contributed by atoms with Gasteiger partial charge in [-0.25, -0.2) is 8.42 Å². The molecule has 11 heteroatoms. The lowest BCUT2D eigenvalue weighted by atomic mass is 9.95. The van der Waals surface area contributed by atoms with E-state index in [0.29, 0.717) is 27.1 Å². The fourth-order valence-electron chi connectivity index (χ4n) is 5.15. The van der Waals surface area contributed by atoms with Crippen LogP contribution in [-0.2, 0) is 26.2 Å². The molecule has 0 radical (unpaired) electrons. The van der Waals surface area contributed by atoms with Gasteiger partial charge < -0.3 is 10.2 Å². The van der Waals surface area contributed by atoms with Gasteiger partial charge in [0.15, 0.2) is 0 Å². The maximum atomic E-state index is 14.2. The first-order valence-electron chi connectivity index (χ1n) is 14.0. The predicted molar refractivity (Wildman–Crippen MR) is 169 cm³/mol. The van der Waals surface area contributed by atoms with Crippen molar-refractivity contribution in [2.24, 2.45) is 0 Å². The highest BCUT2D eigenvalue weighted by Crippen LogP contribution is 2.28. The first kappa shape index (κ1) is 32.1. The highest BCUT2D eigenvalue weighted by atomic mass is 35.5. The molecule has 3 aromatic carbocycles. The number of hydrogen-bond donors (Lipinski definition) is 1. The largest absolute Gasteiger partial charge is 0.352 e. The van der Waals surface area contributed by atoms with Gasteiger partial charge >= 0.3 is 0 Å². The molecule has 0 aliphatic heterocycles. The highest BCUT2D eigenvalue weighted by Gasteiger charge is 2.34. The third-order valence-electron chi connectivity index (χ3n) is 7.40. The summed E-state index contributed by atoms with van der Waals surface area (Å²) in [4.78, 5) is 29.3. The number of amides is 2. The second-order valence-electron chi connectivity index (χ2n) is 10.3. The average molecular weight is 651 g/mol. The van der Waals surface area contributed by atoms with E-state index in [4.69, 9.17) is 34.8 Å². The molecule has 1 fully saturated rings. The Labute approximate surface area is 262 Å². The van der Waals surface area contributed by atoms with Gasteiger partial charge in [0.2, 0.25) is 11.8 Å². The van der Waals surface area contributed by atoms with Crippen LogP contribution >= 0.6 is 34.8 Å². The van der Waals surface area contributed by atoms with Crippen LogP contribution in [-0.4, -0.2) is 43.8 Å². The SMILES string of the molecule is CC[C@@H](C(=O)NC1CCCCC1)N(Cc1ccc(Cl)c(Cl)c1)C(=O)CN(c1ccc(Cl)cc1)S(=O)(=O)c1ccccc1. The number of benzene rings is 3. The van der Waals surface area contributed by atoms with Crippen LogP contribution in [0.15, 0.2) is 77.7 Å². The Hall–Kier alpha value is -2.78. The maximum Gasteiger partial charge on any atom is 0.264 e. The number of sulfonamides is 1. The van der Waals surface area contributed by atoms with Crippen LogP contribution in [0.5, 0.6) is 0 Å². The highest BCUT2D eigenvalue weighted by molar-refractivity contribution is 7.92. The molecule has 1 atom stereocenters. The number of carbonyl (C=O) groups excluding carboxylic acids is 2. The zero-order valence-electron chi connectivity index (χ0n) is 23.3. The summed E-state index contributed by atoms with van der Waals surface area (Å²) in [6.07, 6.45) is 5.34. The standard InChI is InChI=1S/C31H34Cl3N3O4S/c1-2-29(31(39)35-24-9-5-3-6-10-24)36(20-22-13-18-27(33)28(34)19-22)30(38)21-37(25-16-14-23(32)15-17-25)42(40,41)26-11-7-4-8-12-26/h4,7-8,11-19,24,29H,2-3,5-6,9-10,20-21H2,1H3,(H,35,39)/t29-/m0/s1. The van der Waals surface area contributed by atoms with Gasteiger partial charge in [-0.3, -0.25) is 13.9 Å². The molecule has 224 valence electrons. The summed E-state index contributed by atoms with van der Waals surface area (Å²) >= 11 is 18.5. The van der Waals surface area contributed by atoms with Gasteiger partial charge in [-0.1, -0.05) is 85.3 Å². The van der Waals surface area contributed by atoms with Crippen LogP contribution in [0, 0.1) is 0 Å². The minimum Gasteiger partial charge on any atom is -0.352 e. The second-order valence-corrected chi connectivity index (χ2v) is 13.5. The normalized spacial score (nSPS) is 14.7. The molecule has 0 heterocycles. The van der Waals surface area contributed by atoms with E-state index in [1.54, 1.807) is 60.7 Å². The molecule has 1 saturated carbocycles. The lowest BCUT2D eigenvalue weighted by Crippen LogP contribution is -2.54. The van der Waals surface area contributed by atoms with E-state index in [1.165, 1.54) is 17.0 Å². The van der Waals surface area contributed by atoms with Gasteiger partial charge in [-0.15, -0.1) is 0 Å². The topological polar surface area (TPSA) is 86.8 Å². The van der Waals surface area contributed by atoms with E-state index >= 15 is 0 Å². The Kier molecular flexibility index (Phi) is 11.2. The van der Waals surface area contributed by atoms with Crippen molar-refractivity contribution in [1.29, 1.82) is 0 Å². The van der Waals surface area contributed by atoms with Crippen molar-refractivity contribution >= 4 is 62.3 Å². The van der Waals surface area contributed by atoms with Crippen LogP contribution in [0.1, 0.15) is 51.0 Å². The number of carbonyl (C=O) groups is 2. The van der Waals surface area contributed by atoms with Crippen molar-refractivity contribution in [3.05, 3.63) is 93.4 Å². The van der Waals surface area contributed by atoms with Crippen molar-refractivity contribution in [1.82, 2.24) is 10.2 Å². The average Bonchev–Trinajstić information content (AvgIpc) is 2.99. The number of nitrogens with zero attached hydrogens (tertiary/aromatic N) is 2. The molecule has 1 aliphatic carbocycles. The van der Waals surface area contributed by atoms with Crippen LogP contribution < -0.4 is 9.62 Å². The molecule has 7 nitrogen and oxygen atoms in total. The fourth-order valence-corrected chi connectivity index (χ4v) is 7.04. The summed E-state index contributed by atoms with van der Waals surface area (Å²) in [5.41, 5.74) is 0.927. The Bertz CT molecular complexity index is 1480. The number of nitrogens with one attached hydrogen (secondary N) is 1. The molecule has 0 aromatic heterocycles. The van der Waals surface area contributed by atoms with Crippen molar-refractivity contribution in [2.75, 3.05) is 10.8 Å². The van der Waals surface area contributed by atoms with Gasteiger partial charge in [0.05, 0.1) is 20.6 Å². The molecule has 2 amide bonds. The predicted octanol–water partition coefficient (Wildman–Crippen LogP) is 7.10. The third-order valence-corrected chi connectivity index (χ3v) is 10.2. The monoisotopic (exact) mass is 649 g/mol. The van der Waals surface area contributed by atoms with E-state index in [1.807, 2.05) is 6.92 Å². The summed E-state index contributed by atoms with van der Waals surface area (Å²) in [5, 5.41) is 4.24. The molecule has 0 spiro atoms. The summed E-state index contributed by atoms with van der Waals surface area (Å²) < 4.78 is 28.8. The van der Waals surface area contributed by atoms with Crippen molar-refractivity contribution in [3.63, 3.8) is 0 Å². The smallest absolute Gasteiger partial charge is 0.264 e. The van der Waals surface area contributed by atoms with Gasteiger partial charge in [0.25, 0.3) is 10.0 Å². The number of hydrogen-bond acceptors (Lipinski definition) is 4. The lowest BCUT2D eigenvalue weighted by molar-refractivity contribution is -0.140. The maximum absolute atomic E-state index is 14.2. The van der Waals surface area contributed by atoms with Crippen LogP contribution in [0.2, 0.25) is 15.1 Å². The summed E-state index contributed by atoms with van der Waals surface area (Å²) in [6.45, 7) is 1.33. The van der Waals surface area contributed by atoms with E-state index in [2.05, 4.69) is 5.32 Å². The molecule has 0 bridgehead atoms. The van der Waals surface area contributed by atoms with Gasteiger partial charge in [0, 0.05) is 17.6 Å². The second kappa shape index (κ2) is 14.6. The summed E-state index contributed by atoms with van der Waals surface area (Å²) in [5.74, 6) is -0.803. The van der Waals surface area contributed by atoms with E-state index in [0.717, 1.165) is 36.4 Å². The summed E-state index contributed by atoms with van der Waals surface area (Å²) in [7, 11) is -4.15. The third kappa shape index (κ3) is 7.98. The minimum absolute atomic E-state index is 0.0332. The first-order valence-corrected chi connectivity index (χ1v) is 16.5.